The summed E-state index contributed by atoms with van der Waals surface area (Å²) >= 11 is 6.39. The normalized spacial score (nSPS) is 33.4. The van der Waals surface area contributed by atoms with Gasteiger partial charge in [0.15, 0.2) is 0 Å². The fourth-order valence-electron chi connectivity index (χ4n) is 7.87. The van der Waals surface area contributed by atoms with Crippen LogP contribution >= 0.6 is 11.6 Å². The van der Waals surface area contributed by atoms with E-state index in [0.29, 0.717) is 42.6 Å². The Hall–Kier alpha value is -2.88. The lowest BCUT2D eigenvalue weighted by Gasteiger charge is -2.49. The van der Waals surface area contributed by atoms with Crippen molar-refractivity contribution in [2.75, 3.05) is 24.6 Å². The van der Waals surface area contributed by atoms with Crippen molar-refractivity contribution in [3.8, 4) is 5.75 Å². The molecule has 7 nitrogen and oxygen atoms in total. The summed E-state index contributed by atoms with van der Waals surface area (Å²) in [4.78, 5) is 15.6. The number of anilines is 1. The van der Waals surface area contributed by atoms with Gasteiger partial charge in [0.25, 0.3) is 5.91 Å². The molecular formula is C35H42ClFN2O5S. The summed E-state index contributed by atoms with van der Waals surface area (Å²) in [6.45, 7) is 8.39. The molecule has 2 aromatic rings. The Morgan fingerprint density at radius 2 is 2.02 bits per heavy atom. The Balaban J connectivity index is 1.46. The first-order valence-corrected chi connectivity index (χ1v) is 17.8. The van der Waals surface area contributed by atoms with E-state index in [4.69, 9.17) is 16.3 Å². The number of rotatable bonds is 2. The van der Waals surface area contributed by atoms with Crippen molar-refractivity contribution in [1.82, 2.24) is 4.72 Å². The topological polar surface area (TPSA) is 95.9 Å². The number of halogens is 2. The predicted octanol–water partition coefficient (Wildman–Crippen LogP) is 6.49. The molecule has 1 fully saturated rings. The maximum absolute atomic E-state index is 14.4. The number of ether oxygens (including phenoxy) is 1. The first-order chi connectivity index (χ1) is 21.3. The third kappa shape index (κ3) is 6.15. The third-order valence-corrected chi connectivity index (χ3v) is 12.9. The average Bonchev–Trinajstić information content (AvgIpc) is 3.10. The van der Waals surface area contributed by atoms with E-state index in [-0.39, 0.29) is 35.2 Å². The van der Waals surface area contributed by atoms with Gasteiger partial charge in [-0.1, -0.05) is 43.3 Å². The van der Waals surface area contributed by atoms with Crippen molar-refractivity contribution in [1.29, 1.82) is 0 Å². The average molecular weight is 657 g/mol. The molecule has 2 aromatic carbocycles. The largest absolute Gasteiger partial charge is 0.490 e. The Morgan fingerprint density at radius 3 is 2.76 bits per heavy atom. The summed E-state index contributed by atoms with van der Waals surface area (Å²) in [6.07, 6.45) is 7.90. The second-order valence-electron chi connectivity index (χ2n) is 13.7. The molecule has 2 bridgehead atoms. The van der Waals surface area contributed by atoms with Crippen LogP contribution in [0.3, 0.4) is 0 Å². The molecule has 6 rings (SSSR count). The van der Waals surface area contributed by atoms with Gasteiger partial charge in [0.1, 0.15) is 5.75 Å². The lowest BCUT2D eigenvalue weighted by atomic mass is 9.63. The van der Waals surface area contributed by atoms with Crippen LogP contribution in [0.25, 0.3) is 0 Å². The van der Waals surface area contributed by atoms with E-state index in [9.17, 15) is 22.7 Å². The summed E-state index contributed by atoms with van der Waals surface area (Å²) in [6, 6.07) is 11.1. The minimum absolute atomic E-state index is 0.0393. The van der Waals surface area contributed by atoms with Crippen LogP contribution in [0.15, 0.2) is 61.0 Å². The zero-order valence-electron chi connectivity index (χ0n) is 25.9. The van der Waals surface area contributed by atoms with Gasteiger partial charge in [0.2, 0.25) is 10.0 Å². The summed E-state index contributed by atoms with van der Waals surface area (Å²) in [5.41, 5.74) is 1.52. The first-order valence-electron chi connectivity index (χ1n) is 15.9. The van der Waals surface area contributed by atoms with Gasteiger partial charge in [-0.2, -0.15) is 0 Å². The molecule has 2 aliphatic heterocycles. The van der Waals surface area contributed by atoms with E-state index in [1.165, 1.54) is 11.1 Å². The van der Waals surface area contributed by atoms with Crippen LogP contribution in [0.1, 0.15) is 73.9 Å². The molecule has 0 unspecified atom stereocenters. The van der Waals surface area contributed by atoms with Crippen LogP contribution in [-0.2, 0) is 21.9 Å². The van der Waals surface area contributed by atoms with E-state index < -0.39 is 32.6 Å². The van der Waals surface area contributed by atoms with E-state index in [2.05, 4.69) is 22.3 Å². The van der Waals surface area contributed by atoms with E-state index >= 15 is 0 Å². The molecule has 242 valence electrons. The standard InChI is InChI=1S/C35H42ClFN2O5S/c1-22-6-4-15-35(41,18-23(2)37)30-11-8-27(30)19-39-20-34(14-5-7-25-16-28(36)10-12-29(25)34)21-44-32-13-9-26(17-31(32)39)33(40)38-45(42,43)24(22)3/h4,9-10,12-13,15-17,22,24,27,30,41H,2,5-8,11,14,18-21H2,1,3H3,(H,38,40)/b15-4+/t22-,24+,27-,30+,34-,35+/m0/s1. The Kier molecular flexibility index (Phi) is 8.59. The molecule has 45 heavy (non-hydrogen) atoms. The fraction of sp³-hybridized carbons (Fsp3) is 0.514. The second-order valence-corrected chi connectivity index (χ2v) is 16.2. The molecule has 10 heteroatoms. The molecule has 6 atom stereocenters. The molecule has 1 spiro atoms. The number of amides is 1. The molecule has 2 aliphatic carbocycles. The number of carbonyl (C=O) groups excluding carboxylic acids is 1. The van der Waals surface area contributed by atoms with Gasteiger partial charge in [-0.15, -0.1) is 0 Å². The molecule has 2 heterocycles. The Morgan fingerprint density at radius 1 is 1.22 bits per heavy atom. The third-order valence-electron chi connectivity index (χ3n) is 10.7. The highest BCUT2D eigenvalue weighted by atomic mass is 35.5. The van der Waals surface area contributed by atoms with Crippen LogP contribution in [0.4, 0.5) is 10.1 Å². The zero-order chi connectivity index (χ0) is 32.1. The van der Waals surface area contributed by atoms with Gasteiger partial charge in [-0.3, -0.25) is 4.79 Å². The SMILES string of the molecule is C=C(F)C[C@]1(O)/C=C/C[C@H](C)[C@@H](C)S(=O)(=O)NC(=O)c2ccc3c(c2)N(C[C@@H]2CC[C@H]21)C[C@@]1(CCCc2cc(Cl)ccc21)CO3. The summed E-state index contributed by atoms with van der Waals surface area (Å²) in [5, 5.41) is 11.7. The highest BCUT2D eigenvalue weighted by Gasteiger charge is 2.48. The molecule has 0 saturated heterocycles. The number of fused-ring (bicyclic) bond motifs is 4. The fourth-order valence-corrected chi connectivity index (χ4v) is 9.35. The van der Waals surface area contributed by atoms with Crippen molar-refractivity contribution >= 4 is 33.2 Å². The van der Waals surface area contributed by atoms with Crippen molar-refractivity contribution in [3.63, 3.8) is 0 Å². The monoisotopic (exact) mass is 656 g/mol. The number of allylic oxidation sites excluding steroid dienone is 1. The zero-order valence-corrected chi connectivity index (χ0v) is 27.5. The number of aryl methyl sites for hydroxylation is 1. The molecule has 0 aromatic heterocycles. The number of carbonyl (C=O) groups is 1. The van der Waals surface area contributed by atoms with E-state index in [1.807, 2.05) is 12.1 Å². The summed E-state index contributed by atoms with van der Waals surface area (Å²) in [7, 11) is -4.02. The van der Waals surface area contributed by atoms with Crippen LogP contribution in [0, 0.1) is 17.8 Å². The highest BCUT2D eigenvalue weighted by Crippen LogP contribution is 2.49. The minimum atomic E-state index is -4.02. The van der Waals surface area contributed by atoms with Crippen LogP contribution < -0.4 is 14.4 Å². The lowest BCUT2D eigenvalue weighted by molar-refractivity contribution is -0.0473. The van der Waals surface area contributed by atoms with Crippen molar-refractivity contribution in [2.24, 2.45) is 17.8 Å². The lowest BCUT2D eigenvalue weighted by Crippen LogP contribution is -2.52. The Bertz CT molecular complexity index is 1650. The first kappa shape index (κ1) is 32.1. The maximum atomic E-state index is 14.4. The van der Waals surface area contributed by atoms with Crippen molar-refractivity contribution in [3.05, 3.63) is 82.7 Å². The predicted molar refractivity (Wildman–Crippen MR) is 175 cm³/mol. The smallest absolute Gasteiger partial charge is 0.264 e. The van der Waals surface area contributed by atoms with Crippen molar-refractivity contribution < 1.29 is 27.4 Å². The van der Waals surface area contributed by atoms with Gasteiger partial charge < -0.3 is 14.7 Å². The maximum Gasteiger partial charge on any atom is 0.264 e. The van der Waals surface area contributed by atoms with E-state index in [0.717, 1.165) is 32.1 Å². The quantitative estimate of drug-likeness (QED) is 0.359. The van der Waals surface area contributed by atoms with Gasteiger partial charge in [0.05, 0.1) is 29.0 Å². The molecular weight excluding hydrogens is 615 g/mol. The summed E-state index contributed by atoms with van der Waals surface area (Å²) < 4.78 is 49.7. The molecule has 1 amide bonds. The van der Waals surface area contributed by atoms with Crippen LogP contribution in [0.5, 0.6) is 5.75 Å². The summed E-state index contributed by atoms with van der Waals surface area (Å²) in [5.74, 6) is -1.22. The van der Waals surface area contributed by atoms with Gasteiger partial charge in [-0.25, -0.2) is 17.5 Å². The van der Waals surface area contributed by atoms with Gasteiger partial charge >= 0.3 is 0 Å². The molecule has 0 radical (unpaired) electrons. The number of nitrogens with one attached hydrogen (secondary N) is 1. The molecule has 1 saturated carbocycles. The number of sulfonamides is 1. The number of benzene rings is 2. The van der Waals surface area contributed by atoms with Crippen LogP contribution in [-0.4, -0.2) is 50.0 Å². The molecule has 4 aliphatic rings. The number of hydrogen-bond acceptors (Lipinski definition) is 6. The Labute approximate surface area is 270 Å². The van der Waals surface area contributed by atoms with Crippen LogP contribution in [0.2, 0.25) is 5.02 Å². The van der Waals surface area contributed by atoms with E-state index in [1.54, 1.807) is 44.2 Å². The second kappa shape index (κ2) is 12.0. The van der Waals surface area contributed by atoms with Crippen molar-refractivity contribution in [2.45, 2.75) is 75.1 Å². The van der Waals surface area contributed by atoms with Gasteiger partial charge in [-0.05, 0) is 105 Å². The number of aliphatic hydroxyl groups is 1. The van der Waals surface area contributed by atoms with Gasteiger partial charge in [0, 0.05) is 35.5 Å². The molecule has 2 N–H and O–H groups in total. The number of hydrogen-bond donors (Lipinski definition) is 2. The minimum Gasteiger partial charge on any atom is -0.490 e. The highest BCUT2D eigenvalue weighted by molar-refractivity contribution is 7.90. The number of nitrogens with zero attached hydrogens (tertiary/aromatic N) is 1.